The molecular formula is C15H25N3OS. The van der Waals surface area contributed by atoms with Crippen molar-refractivity contribution in [2.75, 3.05) is 26.0 Å². The van der Waals surface area contributed by atoms with Crippen molar-refractivity contribution < 1.29 is 4.74 Å². The van der Waals surface area contributed by atoms with Crippen LogP contribution in [-0.2, 0) is 11.3 Å². The molecule has 1 atom stereocenters. The van der Waals surface area contributed by atoms with Gasteiger partial charge in [0, 0.05) is 43.9 Å². The molecule has 0 N–H and O–H groups in total. The molecule has 1 aromatic heterocycles. The Morgan fingerprint density at radius 3 is 2.90 bits per heavy atom. The molecule has 0 saturated carbocycles. The second kappa shape index (κ2) is 8.60. The van der Waals surface area contributed by atoms with Gasteiger partial charge in [0.1, 0.15) is 0 Å². The van der Waals surface area contributed by atoms with E-state index >= 15 is 0 Å². The lowest BCUT2D eigenvalue weighted by atomic mass is 10.1. The van der Waals surface area contributed by atoms with Gasteiger partial charge in [0.25, 0.3) is 0 Å². The summed E-state index contributed by atoms with van der Waals surface area (Å²) in [6, 6.07) is 0. The standard InChI is InChI=1S/C15H25N3OS/c1-3-4-8-20-15-16-9-13(10-17-15)11-18-7-5-6-14(12-18)19-2/h9-10,14H,3-8,11-12H2,1-2H3/t14-/m1/s1. The Labute approximate surface area is 126 Å². The Bertz CT molecular complexity index is 385. The largest absolute Gasteiger partial charge is 0.380 e. The number of ether oxygens (including phenoxy) is 1. The summed E-state index contributed by atoms with van der Waals surface area (Å²) in [5.74, 6) is 1.11. The smallest absolute Gasteiger partial charge is 0.187 e. The summed E-state index contributed by atoms with van der Waals surface area (Å²) in [6.07, 6.45) is 9.16. The van der Waals surface area contributed by atoms with Crippen LogP contribution in [0, 0.1) is 0 Å². The van der Waals surface area contributed by atoms with E-state index < -0.39 is 0 Å². The van der Waals surface area contributed by atoms with E-state index in [1.807, 2.05) is 12.4 Å². The Hall–Kier alpha value is -0.650. The fourth-order valence-electron chi connectivity index (χ4n) is 2.41. The number of likely N-dealkylation sites (tertiary alicyclic amines) is 1. The van der Waals surface area contributed by atoms with Crippen LogP contribution in [-0.4, -0.2) is 46.9 Å². The highest BCUT2D eigenvalue weighted by Crippen LogP contribution is 2.17. The summed E-state index contributed by atoms with van der Waals surface area (Å²) in [7, 11) is 1.81. The number of unbranched alkanes of at least 4 members (excludes halogenated alkanes) is 1. The fourth-order valence-corrected chi connectivity index (χ4v) is 3.28. The maximum Gasteiger partial charge on any atom is 0.187 e. The first-order chi connectivity index (χ1) is 9.81. The van der Waals surface area contributed by atoms with Crippen LogP contribution in [0.5, 0.6) is 0 Å². The van der Waals surface area contributed by atoms with E-state index in [1.165, 1.54) is 31.2 Å². The van der Waals surface area contributed by atoms with Crippen molar-refractivity contribution >= 4 is 11.8 Å². The molecule has 0 radical (unpaired) electrons. The van der Waals surface area contributed by atoms with Crippen molar-refractivity contribution in [1.29, 1.82) is 0 Å². The highest BCUT2D eigenvalue weighted by Gasteiger charge is 2.19. The minimum Gasteiger partial charge on any atom is -0.380 e. The summed E-state index contributed by atoms with van der Waals surface area (Å²) in [6.45, 7) is 5.30. The van der Waals surface area contributed by atoms with Crippen LogP contribution < -0.4 is 0 Å². The third-order valence-electron chi connectivity index (χ3n) is 3.61. The fraction of sp³-hybridized carbons (Fsp3) is 0.733. The maximum atomic E-state index is 5.46. The van der Waals surface area contributed by atoms with Crippen molar-refractivity contribution in [3.05, 3.63) is 18.0 Å². The number of hydrogen-bond acceptors (Lipinski definition) is 5. The lowest BCUT2D eigenvalue weighted by Gasteiger charge is -2.31. The van der Waals surface area contributed by atoms with Gasteiger partial charge in [-0.05, 0) is 25.8 Å². The van der Waals surface area contributed by atoms with E-state index in [4.69, 9.17) is 4.74 Å². The van der Waals surface area contributed by atoms with Gasteiger partial charge in [-0.1, -0.05) is 25.1 Å². The summed E-state index contributed by atoms with van der Waals surface area (Å²) >= 11 is 1.75. The van der Waals surface area contributed by atoms with Crippen LogP contribution in [0.15, 0.2) is 17.6 Å². The average molecular weight is 295 g/mol. The number of aromatic nitrogens is 2. The summed E-state index contributed by atoms with van der Waals surface area (Å²) in [5, 5.41) is 0.899. The van der Waals surface area contributed by atoms with E-state index in [9.17, 15) is 0 Å². The third-order valence-corrected chi connectivity index (χ3v) is 4.57. The van der Waals surface area contributed by atoms with Gasteiger partial charge in [-0.2, -0.15) is 0 Å². The Morgan fingerprint density at radius 1 is 1.40 bits per heavy atom. The van der Waals surface area contributed by atoms with Gasteiger partial charge in [0.05, 0.1) is 6.10 Å². The molecule has 0 aliphatic carbocycles. The van der Waals surface area contributed by atoms with Crippen molar-refractivity contribution in [3.8, 4) is 0 Å². The number of hydrogen-bond donors (Lipinski definition) is 0. The highest BCUT2D eigenvalue weighted by atomic mass is 32.2. The van der Waals surface area contributed by atoms with E-state index in [0.29, 0.717) is 6.10 Å². The number of nitrogens with zero attached hydrogens (tertiary/aromatic N) is 3. The van der Waals surface area contributed by atoms with E-state index in [-0.39, 0.29) is 0 Å². The molecule has 0 amide bonds. The zero-order valence-corrected chi connectivity index (χ0v) is 13.4. The van der Waals surface area contributed by atoms with Crippen molar-refractivity contribution in [2.24, 2.45) is 0 Å². The van der Waals surface area contributed by atoms with Crippen LogP contribution in [0.1, 0.15) is 38.2 Å². The highest BCUT2D eigenvalue weighted by molar-refractivity contribution is 7.99. The van der Waals surface area contributed by atoms with Gasteiger partial charge in [-0.3, -0.25) is 4.90 Å². The number of thioether (sulfide) groups is 1. The van der Waals surface area contributed by atoms with Crippen molar-refractivity contribution in [1.82, 2.24) is 14.9 Å². The maximum absolute atomic E-state index is 5.46. The van der Waals surface area contributed by atoms with Crippen LogP contribution in [0.3, 0.4) is 0 Å². The van der Waals surface area contributed by atoms with Gasteiger partial charge >= 0.3 is 0 Å². The van der Waals surface area contributed by atoms with Crippen LogP contribution in [0.4, 0.5) is 0 Å². The molecule has 0 aromatic carbocycles. The molecule has 2 heterocycles. The van der Waals surface area contributed by atoms with Gasteiger partial charge in [-0.25, -0.2) is 9.97 Å². The Morgan fingerprint density at radius 2 is 2.20 bits per heavy atom. The molecule has 0 bridgehead atoms. The molecule has 4 nitrogen and oxygen atoms in total. The third kappa shape index (κ3) is 5.04. The molecule has 20 heavy (non-hydrogen) atoms. The molecule has 1 aliphatic heterocycles. The summed E-state index contributed by atoms with van der Waals surface area (Å²) in [4.78, 5) is 11.3. The molecule has 0 spiro atoms. The summed E-state index contributed by atoms with van der Waals surface area (Å²) < 4.78 is 5.46. The quantitative estimate of drug-likeness (QED) is 0.439. The molecular weight excluding hydrogens is 270 g/mol. The monoisotopic (exact) mass is 295 g/mol. The minimum atomic E-state index is 0.383. The Kier molecular flexibility index (Phi) is 6.76. The number of rotatable bonds is 7. The lowest BCUT2D eigenvalue weighted by molar-refractivity contribution is 0.0285. The first-order valence-electron chi connectivity index (χ1n) is 7.50. The predicted octanol–water partition coefficient (Wildman–Crippen LogP) is 2.98. The van der Waals surface area contributed by atoms with Gasteiger partial charge in [0.15, 0.2) is 5.16 Å². The molecule has 1 aliphatic rings. The van der Waals surface area contributed by atoms with Gasteiger partial charge in [-0.15, -0.1) is 0 Å². The van der Waals surface area contributed by atoms with E-state index in [0.717, 1.165) is 30.5 Å². The second-order valence-electron chi connectivity index (χ2n) is 5.31. The molecule has 1 aromatic rings. The van der Waals surface area contributed by atoms with Crippen molar-refractivity contribution in [2.45, 2.75) is 50.4 Å². The average Bonchev–Trinajstić information content (AvgIpc) is 2.49. The predicted molar refractivity (Wildman–Crippen MR) is 83.0 cm³/mol. The van der Waals surface area contributed by atoms with Crippen LogP contribution in [0.2, 0.25) is 0 Å². The number of methoxy groups -OCH3 is 1. The van der Waals surface area contributed by atoms with Gasteiger partial charge < -0.3 is 4.74 Å². The second-order valence-corrected chi connectivity index (χ2v) is 6.37. The molecule has 1 saturated heterocycles. The van der Waals surface area contributed by atoms with E-state index in [1.54, 1.807) is 18.9 Å². The number of piperidine rings is 1. The minimum absolute atomic E-state index is 0.383. The molecule has 2 rings (SSSR count). The normalized spacial score (nSPS) is 20.2. The lowest BCUT2D eigenvalue weighted by Crippen LogP contribution is -2.38. The zero-order valence-electron chi connectivity index (χ0n) is 12.5. The molecule has 1 fully saturated rings. The first kappa shape index (κ1) is 15.7. The van der Waals surface area contributed by atoms with Crippen LogP contribution in [0.25, 0.3) is 0 Å². The molecule has 112 valence electrons. The first-order valence-corrected chi connectivity index (χ1v) is 8.49. The topological polar surface area (TPSA) is 38.2 Å². The zero-order chi connectivity index (χ0) is 14.2. The molecule has 0 unspecified atom stereocenters. The van der Waals surface area contributed by atoms with Crippen LogP contribution >= 0.6 is 11.8 Å². The SMILES string of the molecule is CCCCSc1ncc(CN2CCC[C@@H](OC)C2)cn1. The molecule has 5 heteroatoms. The summed E-state index contributed by atoms with van der Waals surface area (Å²) in [5.41, 5.74) is 1.20. The van der Waals surface area contributed by atoms with Gasteiger partial charge in [0.2, 0.25) is 0 Å². The van der Waals surface area contributed by atoms with E-state index in [2.05, 4.69) is 21.8 Å². The Balaban J connectivity index is 1.80. The van der Waals surface area contributed by atoms with Crippen molar-refractivity contribution in [3.63, 3.8) is 0 Å².